The van der Waals surface area contributed by atoms with Crippen LogP contribution in [-0.4, -0.2) is 71.1 Å². The van der Waals surface area contributed by atoms with Gasteiger partial charge >= 0.3 is 0 Å². The number of aliphatic hydroxyl groups is 1. The minimum absolute atomic E-state index is 0.115. The van der Waals surface area contributed by atoms with E-state index in [1.807, 2.05) is 20.8 Å². The van der Waals surface area contributed by atoms with Crippen molar-refractivity contribution >= 4 is 0 Å². The number of aliphatic hydroxyl groups excluding tert-OH is 1. The van der Waals surface area contributed by atoms with E-state index in [2.05, 4.69) is 15.0 Å². The molecule has 1 atom stereocenters. The second-order valence-electron chi connectivity index (χ2n) is 7.15. The first kappa shape index (κ1) is 16.9. The van der Waals surface area contributed by atoms with Crippen molar-refractivity contribution in [1.82, 2.24) is 15.0 Å². The maximum absolute atomic E-state index is 9.60. The molecular formula is C17H29N3O3. The van der Waals surface area contributed by atoms with Crippen molar-refractivity contribution in [2.75, 3.05) is 39.4 Å². The third-order valence-electron chi connectivity index (χ3n) is 5.39. The van der Waals surface area contributed by atoms with Crippen molar-refractivity contribution < 1.29 is 14.4 Å². The van der Waals surface area contributed by atoms with E-state index in [0.29, 0.717) is 0 Å². The third-order valence-corrected chi connectivity index (χ3v) is 5.39. The van der Waals surface area contributed by atoms with Gasteiger partial charge in [-0.05, 0) is 33.6 Å². The highest BCUT2D eigenvalue weighted by Crippen LogP contribution is 2.34. The lowest BCUT2D eigenvalue weighted by Crippen LogP contribution is -2.61. The lowest BCUT2D eigenvalue weighted by molar-refractivity contribution is -0.101. The van der Waals surface area contributed by atoms with E-state index < -0.39 is 0 Å². The fourth-order valence-electron chi connectivity index (χ4n) is 3.92. The molecule has 0 aromatic carbocycles. The van der Waals surface area contributed by atoms with Crippen LogP contribution in [0.2, 0.25) is 0 Å². The summed E-state index contributed by atoms with van der Waals surface area (Å²) in [5.74, 6) is 0.927. The maximum atomic E-state index is 9.60. The van der Waals surface area contributed by atoms with Gasteiger partial charge in [0, 0.05) is 43.8 Å². The molecule has 0 amide bonds. The van der Waals surface area contributed by atoms with Crippen LogP contribution in [-0.2, 0) is 11.3 Å². The summed E-state index contributed by atoms with van der Waals surface area (Å²) in [5, 5.41) is 13.7. The number of ether oxygens (including phenoxy) is 1. The summed E-state index contributed by atoms with van der Waals surface area (Å²) >= 11 is 0. The Kier molecular flexibility index (Phi) is 5.06. The van der Waals surface area contributed by atoms with Crippen molar-refractivity contribution in [3.63, 3.8) is 0 Å². The quantitative estimate of drug-likeness (QED) is 0.902. The van der Waals surface area contributed by atoms with E-state index in [1.54, 1.807) is 0 Å². The van der Waals surface area contributed by atoms with Gasteiger partial charge in [0.1, 0.15) is 5.76 Å². The minimum atomic E-state index is -0.259. The standard InChI is InChI=1S/C17H29N3O3/c1-13(21)10-19-6-4-17(5-7-19)12-22-9-8-20(17)11-16-14(2)18-23-15(16)3/h13,21H,4-12H2,1-3H3. The molecule has 0 radical (unpaired) electrons. The molecule has 2 aliphatic heterocycles. The Bertz CT molecular complexity index is 502. The fourth-order valence-corrected chi connectivity index (χ4v) is 3.92. The largest absolute Gasteiger partial charge is 0.392 e. The van der Waals surface area contributed by atoms with Crippen molar-refractivity contribution in [1.29, 1.82) is 0 Å². The van der Waals surface area contributed by atoms with Crippen LogP contribution in [0.3, 0.4) is 0 Å². The zero-order chi connectivity index (χ0) is 16.4. The first-order chi connectivity index (χ1) is 11.0. The number of likely N-dealkylation sites (tertiary alicyclic amines) is 1. The highest BCUT2D eigenvalue weighted by molar-refractivity contribution is 5.21. The summed E-state index contributed by atoms with van der Waals surface area (Å²) < 4.78 is 11.2. The molecule has 2 fully saturated rings. The monoisotopic (exact) mass is 323 g/mol. The summed E-state index contributed by atoms with van der Waals surface area (Å²) in [6, 6.07) is 0. The Morgan fingerprint density at radius 3 is 2.61 bits per heavy atom. The fraction of sp³-hybridized carbons (Fsp3) is 0.824. The van der Waals surface area contributed by atoms with E-state index in [-0.39, 0.29) is 11.6 Å². The number of nitrogens with zero attached hydrogens (tertiary/aromatic N) is 3. The van der Waals surface area contributed by atoms with Crippen LogP contribution < -0.4 is 0 Å². The molecule has 0 saturated carbocycles. The number of piperidine rings is 1. The van der Waals surface area contributed by atoms with Gasteiger partial charge in [-0.3, -0.25) is 4.90 Å². The first-order valence-corrected chi connectivity index (χ1v) is 8.65. The van der Waals surface area contributed by atoms with Gasteiger partial charge in [-0.1, -0.05) is 5.16 Å². The average Bonchev–Trinajstić information content (AvgIpc) is 2.83. The van der Waals surface area contributed by atoms with Gasteiger partial charge in [0.2, 0.25) is 0 Å². The zero-order valence-electron chi connectivity index (χ0n) is 14.5. The van der Waals surface area contributed by atoms with Crippen molar-refractivity contribution in [3.8, 4) is 0 Å². The van der Waals surface area contributed by atoms with E-state index in [9.17, 15) is 5.11 Å². The molecule has 1 N–H and O–H groups in total. The molecule has 2 saturated heterocycles. The van der Waals surface area contributed by atoms with Crippen LogP contribution in [0, 0.1) is 13.8 Å². The topological polar surface area (TPSA) is 62.0 Å². The van der Waals surface area contributed by atoms with Crippen molar-refractivity contribution in [2.24, 2.45) is 0 Å². The summed E-state index contributed by atoms with van der Waals surface area (Å²) in [4.78, 5) is 4.93. The molecule has 0 bridgehead atoms. The molecule has 130 valence electrons. The SMILES string of the molecule is Cc1noc(C)c1CN1CCOCC12CCN(CC(C)O)CC2. The second-order valence-corrected chi connectivity index (χ2v) is 7.15. The molecule has 2 aliphatic rings. The number of β-amino-alcohol motifs (C(OH)–C–C–N with tert-alkyl or cyclic N) is 1. The number of aromatic nitrogens is 1. The number of hydrogen-bond donors (Lipinski definition) is 1. The lowest BCUT2D eigenvalue weighted by atomic mass is 9.84. The Morgan fingerprint density at radius 1 is 1.26 bits per heavy atom. The van der Waals surface area contributed by atoms with E-state index in [0.717, 1.165) is 70.2 Å². The van der Waals surface area contributed by atoms with Crippen molar-refractivity contribution in [2.45, 2.75) is 51.8 Å². The van der Waals surface area contributed by atoms with Gasteiger partial charge in [0.25, 0.3) is 0 Å². The summed E-state index contributed by atoms with van der Waals surface area (Å²) in [6.07, 6.45) is 1.91. The average molecular weight is 323 g/mol. The Hall–Kier alpha value is -0.950. The minimum Gasteiger partial charge on any atom is -0.392 e. The van der Waals surface area contributed by atoms with Crippen LogP contribution in [0.25, 0.3) is 0 Å². The van der Waals surface area contributed by atoms with Gasteiger partial charge in [-0.2, -0.15) is 0 Å². The zero-order valence-corrected chi connectivity index (χ0v) is 14.5. The number of morpholine rings is 1. The van der Waals surface area contributed by atoms with Gasteiger partial charge in [-0.25, -0.2) is 0 Å². The molecule has 1 aromatic heterocycles. The van der Waals surface area contributed by atoms with Gasteiger partial charge in [0.05, 0.1) is 25.0 Å². The third kappa shape index (κ3) is 3.60. The van der Waals surface area contributed by atoms with Crippen LogP contribution in [0.5, 0.6) is 0 Å². The number of rotatable bonds is 4. The maximum Gasteiger partial charge on any atom is 0.138 e. The molecule has 1 unspecified atom stereocenters. The van der Waals surface area contributed by atoms with Crippen LogP contribution in [0.4, 0.5) is 0 Å². The second kappa shape index (κ2) is 6.89. The predicted molar refractivity (Wildman–Crippen MR) is 87.3 cm³/mol. The van der Waals surface area contributed by atoms with E-state index >= 15 is 0 Å². The molecule has 6 heteroatoms. The molecule has 6 nitrogen and oxygen atoms in total. The van der Waals surface area contributed by atoms with Gasteiger partial charge in [-0.15, -0.1) is 0 Å². The highest BCUT2D eigenvalue weighted by atomic mass is 16.5. The number of aryl methyl sites for hydroxylation is 2. The molecule has 3 heterocycles. The number of hydrogen-bond acceptors (Lipinski definition) is 6. The van der Waals surface area contributed by atoms with E-state index in [1.165, 1.54) is 5.56 Å². The highest BCUT2D eigenvalue weighted by Gasteiger charge is 2.42. The lowest BCUT2D eigenvalue weighted by Gasteiger charge is -2.51. The van der Waals surface area contributed by atoms with Gasteiger partial charge < -0.3 is 19.3 Å². The molecule has 3 rings (SSSR count). The normalized spacial score (nSPS) is 24.2. The van der Waals surface area contributed by atoms with Crippen molar-refractivity contribution in [3.05, 3.63) is 17.0 Å². The van der Waals surface area contributed by atoms with Crippen LogP contribution >= 0.6 is 0 Å². The molecule has 1 spiro atoms. The smallest absolute Gasteiger partial charge is 0.138 e. The van der Waals surface area contributed by atoms with E-state index in [4.69, 9.17) is 9.26 Å². The first-order valence-electron chi connectivity index (χ1n) is 8.65. The summed E-state index contributed by atoms with van der Waals surface area (Å²) in [5.41, 5.74) is 2.33. The van der Waals surface area contributed by atoms with Gasteiger partial charge in [0.15, 0.2) is 0 Å². The van der Waals surface area contributed by atoms with Crippen LogP contribution in [0.1, 0.15) is 36.8 Å². The summed E-state index contributed by atoms with van der Waals surface area (Å²) in [7, 11) is 0. The molecular weight excluding hydrogens is 294 g/mol. The Morgan fingerprint density at radius 2 is 2.00 bits per heavy atom. The Labute approximate surface area is 138 Å². The predicted octanol–water partition coefficient (Wildman–Crippen LogP) is 1.34. The summed E-state index contributed by atoms with van der Waals surface area (Å²) in [6.45, 7) is 12.1. The van der Waals surface area contributed by atoms with Crippen LogP contribution in [0.15, 0.2) is 4.52 Å². The molecule has 1 aromatic rings. The Balaban J connectivity index is 1.70. The molecule has 0 aliphatic carbocycles. The molecule has 23 heavy (non-hydrogen) atoms.